The van der Waals surface area contributed by atoms with Crippen LogP contribution in [0.15, 0.2) is 53.9 Å². The zero-order chi connectivity index (χ0) is 21.7. The van der Waals surface area contributed by atoms with Gasteiger partial charge in [0, 0.05) is 37.7 Å². The molecule has 0 unspecified atom stereocenters. The summed E-state index contributed by atoms with van der Waals surface area (Å²) < 4.78 is 5.19. The highest BCUT2D eigenvalue weighted by Gasteiger charge is 2.22. The van der Waals surface area contributed by atoms with Crippen molar-refractivity contribution in [1.29, 1.82) is 0 Å². The van der Waals surface area contributed by atoms with Crippen LogP contribution in [0.1, 0.15) is 22.8 Å². The van der Waals surface area contributed by atoms with Gasteiger partial charge in [0.2, 0.25) is 5.91 Å². The molecule has 8 heteroatoms. The van der Waals surface area contributed by atoms with Gasteiger partial charge in [0.15, 0.2) is 0 Å². The molecule has 3 aromatic rings. The third kappa shape index (κ3) is 5.24. The van der Waals surface area contributed by atoms with E-state index in [-0.39, 0.29) is 6.61 Å². The van der Waals surface area contributed by atoms with E-state index >= 15 is 0 Å². The van der Waals surface area contributed by atoms with Gasteiger partial charge in [-0.3, -0.25) is 4.79 Å². The molecule has 2 aromatic carbocycles. The summed E-state index contributed by atoms with van der Waals surface area (Å²) in [7, 11) is 0. The van der Waals surface area contributed by atoms with Crippen LogP contribution in [-0.2, 0) is 9.53 Å². The minimum atomic E-state index is -0.517. The Hall–Kier alpha value is -2.31. The molecule has 0 aliphatic carbocycles. The van der Waals surface area contributed by atoms with Gasteiger partial charge < -0.3 is 10.1 Å². The van der Waals surface area contributed by atoms with Crippen LogP contribution in [-0.4, -0.2) is 18.5 Å². The van der Waals surface area contributed by atoms with E-state index in [0.29, 0.717) is 36.8 Å². The fourth-order valence-corrected chi connectivity index (χ4v) is 4.29. The highest BCUT2D eigenvalue weighted by Crippen LogP contribution is 2.36. The lowest BCUT2D eigenvalue weighted by atomic mass is 10.0. The van der Waals surface area contributed by atoms with Crippen LogP contribution in [0.3, 0.4) is 0 Å². The quantitative estimate of drug-likeness (QED) is 0.300. The molecule has 0 saturated heterocycles. The number of ether oxygens (including phenoxy) is 1. The second-order valence-corrected chi connectivity index (χ2v) is 8.17. The van der Waals surface area contributed by atoms with Gasteiger partial charge in [-0.2, -0.15) is 0 Å². The second kappa shape index (κ2) is 10.1. The number of hydrogen-bond donors (Lipinski definition) is 1. The molecule has 0 fully saturated rings. The third-order valence-electron chi connectivity index (χ3n) is 4.06. The maximum atomic E-state index is 12.6. The number of carbonyl (C=O) groups is 2. The summed E-state index contributed by atoms with van der Waals surface area (Å²) in [6, 6.07) is 12.2. The highest BCUT2D eigenvalue weighted by atomic mass is 35.5. The van der Waals surface area contributed by atoms with Crippen molar-refractivity contribution in [1.82, 2.24) is 0 Å². The normalized spacial score (nSPS) is 10.9. The fraction of sp³-hybridized carbons (Fsp3) is 0.0909. The molecule has 1 N–H and O–H groups in total. The smallest absolute Gasteiger partial charge is 0.341 e. The predicted octanol–water partition coefficient (Wildman–Crippen LogP) is 7.20. The van der Waals surface area contributed by atoms with E-state index in [4.69, 9.17) is 39.5 Å². The zero-order valence-electron chi connectivity index (χ0n) is 15.7. The lowest BCUT2D eigenvalue weighted by Crippen LogP contribution is -2.12. The molecule has 0 bridgehead atoms. The standard InChI is InChI=1S/C22H16Cl3NO3S/c1-2-29-22(28)20-16(13-6-8-14(23)9-7-13)12-30-21(20)26-19(27)11-10-15-17(24)4-3-5-18(15)25/h3-12H,2H2,1H3,(H,26,27)/b11-10+. The van der Waals surface area contributed by atoms with Crippen molar-refractivity contribution in [2.75, 3.05) is 11.9 Å². The molecule has 1 amide bonds. The Morgan fingerprint density at radius 1 is 1.07 bits per heavy atom. The Morgan fingerprint density at radius 3 is 2.37 bits per heavy atom. The molecular formula is C22H16Cl3NO3S. The number of nitrogens with one attached hydrogen (secondary N) is 1. The van der Waals surface area contributed by atoms with Gasteiger partial charge in [-0.25, -0.2) is 4.79 Å². The Kier molecular flexibility index (Phi) is 7.56. The summed E-state index contributed by atoms with van der Waals surface area (Å²) in [5.41, 5.74) is 2.28. The molecule has 1 heterocycles. The lowest BCUT2D eigenvalue weighted by molar-refractivity contribution is -0.111. The molecule has 0 aliphatic rings. The SMILES string of the molecule is CCOC(=O)c1c(-c2ccc(Cl)cc2)csc1NC(=O)/C=C/c1c(Cl)cccc1Cl. The van der Waals surface area contributed by atoms with E-state index < -0.39 is 11.9 Å². The van der Waals surface area contributed by atoms with Crippen molar-refractivity contribution in [2.24, 2.45) is 0 Å². The Balaban J connectivity index is 1.90. The Labute approximate surface area is 193 Å². The van der Waals surface area contributed by atoms with Gasteiger partial charge >= 0.3 is 5.97 Å². The molecule has 0 radical (unpaired) electrons. The zero-order valence-corrected chi connectivity index (χ0v) is 18.8. The molecule has 3 rings (SSSR count). The first-order valence-electron chi connectivity index (χ1n) is 8.88. The second-order valence-electron chi connectivity index (χ2n) is 6.04. The topological polar surface area (TPSA) is 55.4 Å². The van der Waals surface area contributed by atoms with Crippen molar-refractivity contribution < 1.29 is 14.3 Å². The number of halogens is 3. The maximum absolute atomic E-state index is 12.6. The first kappa shape index (κ1) is 22.4. The highest BCUT2D eigenvalue weighted by molar-refractivity contribution is 7.15. The Bertz CT molecular complexity index is 1090. The summed E-state index contributed by atoms with van der Waals surface area (Å²) in [5, 5.41) is 6.37. The van der Waals surface area contributed by atoms with E-state index in [0.717, 1.165) is 5.56 Å². The van der Waals surface area contributed by atoms with Crippen LogP contribution in [0.4, 0.5) is 5.00 Å². The van der Waals surface area contributed by atoms with Gasteiger partial charge in [-0.05, 0) is 42.8 Å². The Morgan fingerprint density at radius 2 is 1.73 bits per heavy atom. The summed E-state index contributed by atoms with van der Waals surface area (Å²) >= 11 is 19.4. The van der Waals surface area contributed by atoms with Crippen LogP contribution in [0.2, 0.25) is 15.1 Å². The molecule has 0 saturated carbocycles. The number of thiophene rings is 1. The molecule has 0 atom stereocenters. The number of amides is 1. The first-order chi connectivity index (χ1) is 14.4. The van der Waals surface area contributed by atoms with Gasteiger partial charge in [0.05, 0.1) is 6.61 Å². The predicted molar refractivity (Wildman–Crippen MR) is 125 cm³/mol. The average molecular weight is 481 g/mol. The van der Waals surface area contributed by atoms with Crippen molar-refractivity contribution in [3.63, 3.8) is 0 Å². The van der Waals surface area contributed by atoms with E-state index in [1.165, 1.54) is 23.5 Å². The number of rotatable bonds is 6. The van der Waals surface area contributed by atoms with Crippen LogP contribution in [0.25, 0.3) is 17.2 Å². The van der Waals surface area contributed by atoms with E-state index in [9.17, 15) is 9.59 Å². The van der Waals surface area contributed by atoms with E-state index in [1.54, 1.807) is 54.8 Å². The molecule has 30 heavy (non-hydrogen) atoms. The number of benzene rings is 2. The van der Waals surface area contributed by atoms with Crippen molar-refractivity contribution in [3.05, 3.63) is 80.1 Å². The number of esters is 1. The number of carbonyl (C=O) groups excluding carboxylic acids is 2. The maximum Gasteiger partial charge on any atom is 0.341 e. The molecule has 0 aliphatic heterocycles. The number of hydrogen-bond acceptors (Lipinski definition) is 4. The molecule has 0 spiro atoms. The minimum absolute atomic E-state index is 0.215. The largest absolute Gasteiger partial charge is 0.462 e. The van der Waals surface area contributed by atoms with Gasteiger partial charge in [-0.15, -0.1) is 11.3 Å². The minimum Gasteiger partial charge on any atom is -0.462 e. The molecule has 1 aromatic heterocycles. The molecular weight excluding hydrogens is 465 g/mol. The van der Waals surface area contributed by atoms with Crippen molar-refractivity contribution in [3.8, 4) is 11.1 Å². The third-order valence-corrected chi connectivity index (χ3v) is 5.87. The van der Waals surface area contributed by atoms with Gasteiger partial charge in [-0.1, -0.05) is 53.0 Å². The summed E-state index contributed by atoms with van der Waals surface area (Å²) in [6.07, 6.45) is 2.83. The van der Waals surface area contributed by atoms with Gasteiger partial charge in [0.25, 0.3) is 0 Å². The lowest BCUT2D eigenvalue weighted by Gasteiger charge is -2.08. The van der Waals surface area contributed by atoms with Crippen molar-refractivity contribution >= 4 is 69.1 Å². The van der Waals surface area contributed by atoms with Crippen LogP contribution >= 0.6 is 46.1 Å². The summed E-state index contributed by atoms with van der Waals surface area (Å²) in [4.78, 5) is 25.1. The van der Waals surface area contributed by atoms with Crippen LogP contribution in [0, 0.1) is 0 Å². The fourth-order valence-electron chi connectivity index (χ4n) is 2.68. The molecule has 154 valence electrons. The van der Waals surface area contributed by atoms with Gasteiger partial charge in [0.1, 0.15) is 10.6 Å². The average Bonchev–Trinajstić information content (AvgIpc) is 3.12. The van der Waals surface area contributed by atoms with Crippen LogP contribution < -0.4 is 5.32 Å². The molecule has 4 nitrogen and oxygen atoms in total. The van der Waals surface area contributed by atoms with E-state index in [1.807, 2.05) is 0 Å². The van der Waals surface area contributed by atoms with Crippen LogP contribution in [0.5, 0.6) is 0 Å². The summed E-state index contributed by atoms with van der Waals surface area (Å²) in [5.74, 6) is -0.946. The van der Waals surface area contributed by atoms with Crippen molar-refractivity contribution in [2.45, 2.75) is 6.92 Å². The summed E-state index contributed by atoms with van der Waals surface area (Å²) in [6.45, 7) is 1.94. The first-order valence-corrected chi connectivity index (χ1v) is 10.9. The monoisotopic (exact) mass is 479 g/mol. The number of anilines is 1. The van der Waals surface area contributed by atoms with E-state index in [2.05, 4.69) is 5.32 Å².